The molecule has 1 saturated carbocycles. The lowest BCUT2D eigenvalue weighted by Crippen LogP contribution is -2.32. The van der Waals surface area contributed by atoms with E-state index in [1.165, 1.54) is 12.8 Å². The number of unbranched alkanes of at least 4 members (excludes halogenated alkanes) is 1. The van der Waals surface area contributed by atoms with Crippen LogP contribution in [0.1, 0.15) is 39.0 Å². The summed E-state index contributed by atoms with van der Waals surface area (Å²) in [5.41, 5.74) is 0. The molecule has 0 aliphatic heterocycles. The molecule has 0 aromatic carbocycles. The Hall–Kier alpha value is -0.130. The summed E-state index contributed by atoms with van der Waals surface area (Å²) < 4.78 is 25.8. The highest BCUT2D eigenvalue weighted by Crippen LogP contribution is 2.30. The van der Waals surface area contributed by atoms with Gasteiger partial charge in [-0.15, -0.1) is 0 Å². The summed E-state index contributed by atoms with van der Waals surface area (Å²) in [5.74, 6) is 1.28. The Morgan fingerprint density at radius 1 is 1.31 bits per heavy atom. The van der Waals surface area contributed by atoms with Crippen LogP contribution in [0.15, 0.2) is 0 Å². The molecular formula is C11H23NO3S. The predicted molar refractivity (Wildman–Crippen MR) is 64.6 cm³/mol. The first kappa shape index (κ1) is 13.9. The molecule has 16 heavy (non-hydrogen) atoms. The van der Waals surface area contributed by atoms with E-state index >= 15 is 0 Å². The summed E-state index contributed by atoms with van der Waals surface area (Å²) in [6.45, 7) is 2.84. The quantitative estimate of drug-likeness (QED) is 0.664. The van der Waals surface area contributed by atoms with E-state index in [1.807, 2.05) is 0 Å². The molecule has 0 amide bonds. The van der Waals surface area contributed by atoms with Crippen molar-refractivity contribution in [2.75, 3.05) is 18.9 Å². The molecule has 1 fully saturated rings. The largest absolute Gasteiger partial charge is 0.396 e. The average molecular weight is 249 g/mol. The number of sulfonamides is 1. The van der Waals surface area contributed by atoms with Crippen LogP contribution in [0.4, 0.5) is 0 Å². The fraction of sp³-hybridized carbons (Fsp3) is 1.00. The Kier molecular flexibility index (Phi) is 5.72. The smallest absolute Gasteiger partial charge is 0.211 e. The van der Waals surface area contributed by atoms with Crippen molar-refractivity contribution in [1.82, 2.24) is 4.72 Å². The van der Waals surface area contributed by atoms with Crippen molar-refractivity contribution in [3.05, 3.63) is 0 Å². The maximum absolute atomic E-state index is 11.6. The fourth-order valence-electron chi connectivity index (χ4n) is 2.24. The highest BCUT2D eigenvalue weighted by molar-refractivity contribution is 7.89. The number of aliphatic hydroxyl groups excluding tert-OH is 1. The first-order valence-corrected chi connectivity index (χ1v) is 7.78. The minimum atomic E-state index is -3.13. The SMILES string of the molecule is CC1CCCC1CNS(=O)(=O)CCCCO. The van der Waals surface area contributed by atoms with Crippen LogP contribution in [0, 0.1) is 11.8 Å². The minimum absolute atomic E-state index is 0.0647. The summed E-state index contributed by atoms with van der Waals surface area (Å²) >= 11 is 0. The normalized spacial score (nSPS) is 26.1. The zero-order valence-electron chi connectivity index (χ0n) is 9.98. The van der Waals surface area contributed by atoms with Gasteiger partial charge in [-0.05, 0) is 31.1 Å². The van der Waals surface area contributed by atoms with Crippen molar-refractivity contribution >= 4 is 10.0 Å². The van der Waals surface area contributed by atoms with Crippen molar-refractivity contribution in [2.24, 2.45) is 11.8 Å². The van der Waals surface area contributed by atoms with Gasteiger partial charge in [0.1, 0.15) is 0 Å². The van der Waals surface area contributed by atoms with Gasteiger partial charge in [-0.25, -0.2) is 13.1 Å². The van der Waals surface area contributed by atoms with Gasteiger partial charge >= 0.3 is 0 Å². The third-order valence-corrected chi connectivity index (χ3v) is 4.86. The van der Waals surface area contributed by atoms with E-state index in [2.05, 4.69) is 11.6 Å². The Labute approximate surface area is 98.5 Å². The highest BCUT2D eigenvalue weighted by atomic mass is 32.2. The second-order valence-electron chi connectivity index (χ2n) is 4.77. The van der Waals surface area contributed by atoms with Crippen LogP contribution in [-0.4, -0.2) is 32.4 Å². The fourth-order valence-corrected chi connectivity index (χ4v) is 3.43. The van der Waals surface area contributed by atoms with E-state index in [-0.39, 0.29) is 12.4 Å². The minimum Gasteiger partial charge on any atom is -0.396 e. The molecule has 4 nitrogen and oxygen atoms in total. The van der Waals surface area contributed by atoms with E-state index in [0.717, 1.165) is 6.42 Å². The van der Waals surface area contributed by atoms with Gasteiger partial charge in [-0.1, -0.05) is 19.8 Å². The Balaban J connectivity index is 2.24. The predicted octanol–water partition coefficient (Wildman–Crippen LogP) is 1.11. The van der Waals surface area contributed by atoms with Gasteiger partial charge in [0, 0.05) is 13.2 Å². The summed E-state index contributed by atoms with van der Waals surface area (Å²) in [6.07, 6.45) is 4.67. The molecule has 2 N–H and O–H groups in total. The summed E-state index contributed by atoms with van der Waals surface area (Å²) in [5, 5.41) is 8.59. The monoisotopic (exact) mass is 249 g/mol. The van der Waals surface area contributed by atoms with E-state index in [0.29, 0.717) is 31.2 Å². The van der Waals surface area contributed by atoms with Crippen molar-refractivity contribution in [3.63, 3.8) is 0 Å². The molecule has 0 aromatic rings. The van der Waals surface area contributed by atoms with Crippen LogP contribution in [-0.2, 0) is 10.0 Å². The van der Waals surface area contributed by atoms with Gasteiger partial charge in [0.05, 0.1) is 5.75 Å². The number of aliphatic hydroxyl groups is 1. The first-order valence-electron chi connectivity index (χ1n) is 6.13. The van der Waals surface area contributed by atoms with Crippen molar-refractivity contribution in [2.45, 2.75) is 39.0 Å². The molecule has 0 radical (unpaired) electrons. The molecule has 0 bridgehead atoms. The lowest BCUT2D eigenvalue weighted by Gasteiger charge is -2.15. The topological polar surface area (TPSA) is 66.4 Å². The Morgan fingerprint density at radius 2 is 2.06 bits per heavy atom. The second-order valence-corrected chi connectivity index (χ2v) is 6.69. The lowest BCUT2D eigenvalue weighted by molar-refractivity contribution is 0.287. The van der Waals surface area contributed by atoms with E-state index < -0.39 is 10.0 Å². The molecule has 96 valence electrons. The van der Waals surface area contributed by atoms with E-state index in [9.17, 15) is 8.42 Å². The maximum atomic E-state index is 11.6. The number of hydrogen-bond acceptors (Lipinski definition) is 3. The van der Waals surface area contributed by atoms with Gasteiger partial charge < -0.3 is 5.11 Å². The summed E-state index contributed by atoms with van der Waals surface area (Å²) in [7, 11) is -3.13. The highest BCUT2D eigenvalue weighted by Gasteiger charge is 2.24. The van der Waals surface area contributed by atoms with Crippen LogP contribution >= 0.6 is 0 Å². The second kappa shape index (κ2) is 6.57. The molecule has 1 aliphatic rings. The molecule has 0 heterocycles. The molecule has 0 saturated heterocycles. The number of rotatable bonds is 7. The zero-order chi connectivity index (χ0) is 12.0. The van der Waals surface area contributed by atoms with Crippen LogP contribution < -0.4 is 4.72 Å². The van der Waals surface area contributed by atoms with Gasteiger partial charge in [-0.2, -0.15) is 0 Å². The number of nitrogens with one attached hydrogen (secondary N) is 1. The molecule has 1 rings (SSSR count). The van der Waals surface area contributed by atoms with Crippen molar-refractivity contribution in [3.8, 4) is 0 Å². The molecule has 0 spiro atoms. The summed E-state index contributed by atoms with van der Waals surface area (Å²) in [6, 6.07) is 0. The third-order valence-electron chi connectivity index (χ3n) is 3.43. The third kappa shape index (κ3) is 4.80. The van der Waals surface area contributed by atoms with Gasteiger partial charge in [0.2, 0.25) is 10.0 Å². The lowest BCUT2D eigenvalue weighted by atomic mass is 9.99. The van der Waals surface area contributed by atoms with Crippen LogP contribution in [0.2, 0.25) is 0 Å². The molecule has 5 heteroatoms. The standard InChI is InChI=1S/C11H23NO3S/c1-10-5-4-6-11(10)9-12-16(14,15)8-3-2-7-13/h10-13H,2-9H2,1H3. The van der Waals surface area contributed by atoms with Gasteiger partial charge in [0.15, 0.2) is 0 Å². The average Bonchev–Trinajstić information content (AvgIpc) is 2.62. The summed E-state index contributed by atoms with van der Waals surface area (Å²) in [4.78, 5) is 0. The molecular weight excluding hydrogens is 226 g/mol. The van der Waals surface area contributed by atoms with Crippen LogP contribution in [0.5, 0.6) is 0 Å². The van der Waals surface area contributed by atoms with Gasteiger partial charge in [0.25, 0.3) is 0 Å². The Bertz CT molecular complexity index is 290. The molecule has 2 unspecified atom stereocenters. The van der Waals surface area contributed by atoms with E-state index in [4.69, 9.17) is 5.11 Å². The molecule has 2 atom stereocenters. The van der Waals surface area contributed by atoms with Crippen molar-refractivity contribution < 1.29 is 13.5 Å². The molecule has 0 aromatic heterocycles. The van der Waals surface area contributed by atoms with Gasteiger partial charge in [-0.3, -0.25) is 0 Å². The maximum Gasteiger partial charge on any atom is 0.211 e. The van der Waals surface area contributed by atoms with Crippen LogP contribution in [0.25, 0.3) is 0 Å². The Morgan fingerprint density at radius 3 is 2.62 bits per heavy atom. The molecule has 1 aliphatic carbocycles. The van der Waals surface area contributed by atoms with Crippen molar-refractivity contribution in [1.29, 1.82) is 0 Å². The van der Waals surface area contributed by atoms with Crippen LogP contribution in [0.3, 0.4) is 0 Å². The zero-order valence-corrected chi connectivity index (χ0v) is 10.8. The van der Waals surface area contributed by atoms with E-state index in [1.54, 1.807) is 0 Å². The first-order chi connectivity index (χ1) is 7.55. The number of hydrogen-bond donors (Lipinski definition) is 2.